The van der Waals surface area contributed by atoms with Gasteiger partial charge < -0.3 is 10.1 Å². The Morgan fingerprint density at radius 3 is 2.43 bits per heavy atom. The first kappa shape index (κ1) is 15.6. The molecule has 0 aromatic heterocycles. The van der Waals surface area contributed by atoms with E-state index in [-0.39, 0.29) is 0 Å². The molecule has 1 N–H and O–H groups in total. The Bertz CT molecular complexity index is 575. The van der Waals surface area contributed by atoms with Gasteiger partial charge in [-0.25, -0.2) is 0 Å². The Balaban J connectivity index is 1.88. The van der Waals surface area contributed by atoms with Crippen molar-refractivity contribution in [2.75, 3.05) is 13.7 Å². The summed E-state index contributed by atoms with van der Waals surface area (Å²) in [6.45, 7) is 7.53. The van der Waals surface area contributed by atoms with Crippen molar-refractivity contribution in [2.45, 2.75) is 33.2 Å². The number of rotatable bonds is 6. The van der Waals surface area contributed by atoms with Gasteiger partial charge in [0.2, 0.25) is 0 Å². The van der Waals surface area contributed by atoms with Crippen LogP contribution in [0.5, 0.6) is 5.75 Å². The van der Waals surface area contributed by atoms with Gasteiger partial charge in [0.1, 0.15) is 5.75 Å². The van der Waals surface area contributed by atoms with Crippen LogP contribution in [0.3, 0.4) is 0 Å². The number of nitrogens with one attached hydrogen (secondary N) is 1. The predicted molar refractivity (Wildman–Crippen MR) is 89.0 cm³/mol. The van der Waals surface area contributed by atoms with Crippen LogP contribution in [0.15, 0.2) is 42.5 Å². The Kier molecular flexibility index (Phi) is 5.40. The van der Waals surface area contributed by atoms with Gasteiger partial charge in [0.25, 0.3) is 0 Å². The standard InChI is InChI=1S/C19H25NO/c1-14-5-6-15(2)19(13-14)16(3)20-12-11-17-7-9-18(21-4)10-8-17/h5-10,13,16,20H,11-12H2,1-4H3. The summed E-state index contributed by atoms with van der Waals surface area (Å²) >= 11 is 0. The lowest BCUT2D eigenvalue weighted by Gasteiger charge is -2.17. The molecule has 2 heteroatoms. The maximum Gasteiger partial charge on any atom is 0.118 e. The molecule has 0 saturated heterocycles. The number of hydrogen-bond donors (Lipinski definition) is 1. The minimum absolute atomic E-state index is 0.378. The smallest absolute Gasteiger partial charge is 0.118 e. The molecule has 2 aromatic rings. The summed E-state index contributed by atoms with van der Waals surface area (Å²) in [5, 5.41) is 3.61. The van der Waals surface area contributed by atoms with E-state index >= 15 is 0 Å². The summed E-state index contributed by atoms with van der Waals surface area (Å²) in [4.78, 5) is 0. The van der Waals surface area contributed by atoms with E-state index < -0.39 is 0 Å². The lowest BCUT2D eigenvalue weighted by atomic mass is 10.00. The third kappa shape index (κ3) is 4.33. The average Bonchev–Trinajstić information content (AvgIpc) is 2.50. The van der Waals surface area contributed by atoms with Crippen molar-refractivity contribution in [1.29, 1.82) is 0 Å². The molecule has 1 atom stereocenters. The van der Waals surface area contributed by atoms with Gasteiger partial charge in [-0.3, -0.25) is 0 Å². The number of ether oxygens (including phenoxy) is 1. The van der Waals surface area contributed by atoms with Crippen molar-refractivity contribution in [2.24, 2.45) is 0 Å². The zero-order chi connectivity index (χ0) is 15.2. The monoisotopic (exact) mass is 283 g/mol. The summed E-state index contributed by atoms with van der Waals surface area (Å²) in [6, 6.07) is 15.3. The summed E-state index contributed by atoms with van der Waals surface area (Å²) in [5.41, 5.74) is 5.39. The van der Waals surface area contributed by atoms with Crippen molar-refractivity contribution < 1.29 is 4.74 Å². The van der Waals surface area contributed by atoms with Crippen LogP contribution < -0.4 is 10.1 Å². The lowest BCUT2D eigenvalue weighted by Crippen LogP contribution is -2.22. The van der Waals surface area contributed by atoms with E-state index in [4.69, 9.17) is 4.74 Å². The van der Waals surface area contributed by atoms with E-state index in [0.717, 1.165) is 18.7 Å². The van der Waals surface area contributed by atoms with Gasteiger partial charge in [-0.05, 0) is 62.6 Å². The van der Waals surface area contributed by atoms with Gasteiger partial charge in [-0.2, -0.15) is 0 Å². The summed E-state index contributed by atoms with van der Waals surface area (Å²) in [7, 11) is 1.70. The van der Waals surface area contributed by atoms with Crippen LogP contribution in [0.2, 0.25) is 0 Å². The highest BCUT2D eigenvalue weighted by molar-refractivity contribution is 5.32. The number of methoxy groups -OCH3 is 1. The Morgan fingerprint density at radius 1 is 1.05 bits per heavy atom. The highest BCUT2D eigenvalue weighted by Gasteiger charge is 2.07. The molecule has 0 saturated carbocycles. The molecule has 0 aliphatic rings. The summed E-state index contributed by atoms with van der Waals surface area (Å²) < 4.78 is 5.18. The highest BCUT2D eigenvalue weighted by atomic mass is 16.5. The zero-order valence-corrected chi connectivity index (χ0v) is 13.4. The molecule has 0 heterocycles. The number of benzene rings is 2. The van der Waals surface area contributed by atoms with Crippen LogP contribution in [-0.4, -0.2) is 13.7 Å². The molecule has 0 radical (unpaired) electrons. The molecular formula is C19H25NO. The van der Waals surface area contributed by atoms with Crippen molar-refractivity contribution in [1.82, 2.24) is 5.32 Å². The molecule has 0 fully saturated rings. The van der Waals surface area contributed by atoms with Gasteiger partial charge in [0, 0.05) is 6.04 Å². The molecule has 2 nitrogen and oxygen atoms in total. The summed E-state index contributed by atoms with van der Waals surface area (Å²) in [6.07, 6.45) is 1.03. The molecule has 2 aromatic carbocycles. The van der Waals surface area contributed by atoms with Gasteiger partial charge in [0.15, 0.2) is 0 Å². The predicted octanol–water partition coefficient (Wildman–Crippen LogP) is 4.21. The summed E-state index contributed by atoms with van der Waals surface area (Å²) in [5.74, 6) is 0.912. The number of hydrogen-bond acceptors (Lipinski definition) is 2. The molecule has 0 bridgehead atoms. The molecule has 0 aliphatic heterocycles. The minimum atomic E-state index is 0.378. The van der Waals surface area contributed by atoms with Crippen molar-refractivity contribution in [3.63, 3.8) is 0 Å². The fraction of sp³-hybridized carbons (Fsp3) is 0.368. The van der Waals surface area contributed by atoms with E-state index in [1.807, 2.05) is 12.1 Å². The topological polar surface area (TPSA) is 21.3 Å². The van der Waals surface area contributed by atoms with E-state index in [1.165, 1.54) is 22.3 Å². The first-order valence-electron chi connectivity index (χ1n) is 7.53. The van der Waals surface area contributed by atoms with Crippen LogP contribution in [0.1, 0.15) is 35.2 Å². The third-order valence-electron chi connectivity index (χ3n) is 3.92. The molecule has 0 spiro atoms. The fourth-order valence-electron chi connectivity index (χ4n) is 2.56. The van der Waals surface area contributed by atoms with Gasteiger partial charge in [-0.15, -0.1) is 0 Å². The van der Waals surface area contributed by atoms with Crippen LogP contribution in [0, 0.1) is 13.8 Å². The lowest BCUT2D eigenvalue weighted by molar-refractivity contribution is 0.414. The molecule has 0 amide bonds. The molecule has 21 heavy (non-hydrogen) atoms. The van der Waals surface area contributed by atoms with Crippen LogP contribution in [-0.2, 0) is 6.42 Å². The average molecular weight is 283 g/mol. The second kappa shape index (κ2) is 7.28. The Labute approximate surface area is 128 Å². The van der Waals surface area contributed by atoms with E-state index in [0.29, 0.717) is 6.04 Å². The van der Waals surface area contributed by atoms with Crippen molar-refractivity contribution in [3.05, 3.63) is 64.7 Å². The second-order valence-electron chi connectivity index (χ2n) is 5.63. The number of aryl methyl sites for hydroxylation is 2. The van der Waals surface area contributed by atoms with Gasteiger partial charge in [0.05, 0.1) is 7.11 Å². The Hall–Kier alpha value is -1.80. The zero-order valence-electron chi connectivity index (χ0n) is 13.4. The largest absolute Gasteiger partial charge is 0.497 e. The molecular weight excluding hydrogens is 258 g/mol. The third-order valence-corrected chi connectivity index (χ3v) is 3.92. The Morgan fingerprint density at radius 2 is 1.76 bits per heavy atom. The van der Waals surface area contributed by atoms with E-state index in [1.54, 1.807) is 7.11 Å². The maximum atomic E-state index is 5.18. The molecule has 1 unspecified atom stereocenters. The first-order valence-corrected chi connectivity index (χ1v) is 7.53. The SMILES string of the molecule is COc1ccc(CCNC(C)c2cc(C)ccc2C)cc1. The fourth-order valence-corrected chi connectivity index (χ4v) is 2.56. The van der Waals surface area contributed by atoms with Crippen molar-refractivity contribution in [3.8, 4) is 5.75 Å². The van der Waals surface area contributed by atoms with Crippen LogP contribution in [0.4, 0.5) is 0 Å². The first-order chi connectivity index (χ1) is 10.1. The molecule has 112 valence electrons. The van der Waals surface area contributed by atoms with E-state index in [9.17, 15) is 0 Å². The normalized spacial score (nSPS) is 12.2. The van der Waals surface area contributed by atoms with Gasteiger partial charge in [-0.1, -0.05) is 35.9 Å². The van der Waals surface area contributed by atoms with E-state index in [2.05, 4.69) is 56.4 Å². The van der Waals surface area contributed by atoms with Crippen molar-refractivity contribution >= 4 is 0 Å². The van der Waals surface area contributed by atoms with Crippen LogP contribution >= 0.6 is 0 Å². The highest BCUT2D eigenvalue weighted by Crippen LogP contribution is 2.19. The quantitative estimate of drug-likeness (QED) is 0.857. The van der Waals surface area contributed by atoms with Crippen LogP contribution in [0.25, 0.3) is 0 Å². The molecule has 2 rings (SSSR count). The minimum Gasteiger partial charge on any atom is -0.497 e. The maximum absolute atomic E-state index is 5.18. The second-order valence-corrected chi connectivity index (χ2v) is 5.63. The molecule has 0 aliphatic carbocycles. The van der Waals surface area contributed by atoms with Gasteiger partial charge >= 0.3 is 0 Å².